The summed E-state index contributed by atoms with van der Waals surface area (Å²) in [4.78, 5) is 40.5. The van der Waals surface area contributed by atoms with Crippen LogP contribution in [0.5, 0.6) is 0 Å². The first-order valence-corrected chi connectivity index (χ1v) is 11.2. The number of rotatable bonds is 7. The second kappa shape index (κ2) is 9.51. The summed E-state index contributed by atoms with van der Waals surface area (Å²) in [6.07, 6.45) is 0.882. The van der Waals surface area contributed by atoms with Crippen LogP contribution < -0.4 is 5.32 Å². The fourth-order valence-corrected chi connectivity index (χ4v) is 4.59. The zero-order valence-corrected chi connectivity index (χ0v) is 19.1. The van der Waals surface area contributed by atoms with Gasteiger partial charge < -0.3 is 19.5 Å². The average molecular weight is 463 g/mol. The standard InChI is InChI=1S/C26H26N2O6/c1-3-10-19-20(23(29)32-4-2)26(17-13-8-9-14-18(17)28-25(26)31)21(22(27)34-19)24(30)33-15-16-11-6-5-7-12-16/h5-9,11-14,21,27H,3-4,10,15H2,1-2H3,(H,28,31). The number of esters is 2. The summed E-state index contributed by atoms with van der Waals surface area (Å²) in [6.45, 7) is 3.56. The van der Waals surface area contributed by atoms with Crippen LogP contribution in [0.2, 0.25) is 0 Å². The van der Waals surface area contributed by atoms with E-state index in [4.69, 9.17) is 19.6 Å². The molecule has 0 saturated heterocycles. The fraction of sp³-hybridized carbons (Fsp3) is 0.308. The van der Waals surface area contributed by atoms with Gasteiger partial charge in [-0.3, -0.25) is 15.0 Å². The second-order valence-corrected chi connectivity index (χ2v) is 8.07. The molecular weight excluding hydrogens is 436 g/mol. The molecule has 8 heteroatoms. The van der Waals surface area contributed by atoms with Crippen LogP contribution in [-0.4, -0.2) is 30.4 Å². The number of hydrogen-bond donors (Lipinski definition) is 2. The van der Waals surface area contributed by atoms with Crippen LogP contribution in [0.15, 0.2) is 65.9 Å². The first kappa shape index (κ1) is 23.2. The topological polar surface area (TPSA) is 115 Å². The number of fused-ring (bicyclic) bond motifs is 2. The Morgan fingerprint density at radius 1 is 1.06 bits per heavy atom. The van der Waals surface area contributed by atoms with Crippen LogP contribution in [0.3, 0.4) is 0 Å². The van der Waals surface area contributed by atoms with Gasteiger partial charge in [0.05, 0.1) is 12.2 Å². The van der Waals surface area contributed by atoms with Crippen molar-refractivity contribution in [3.05, 3.63) is 77.1 Å². The summed E-state index contributed by atoms with van der Waals surface area (Å²) >= 11 is 0. The van der Waals surface area contributed by atoms with Crippen molar-refractivity contribution in [3.63, 3.8) is 0 Å². The van der Waals surface area contributed by atoms with E-state index in [9.17, 15) is 14.4 Å². The Balaban J connectivity index is 1.89. The molecule has 2 heterocycles. The summed E-state index contributed by atoms with van der Waals surface area (Å²) in [5.74, 6) is -3.98. The predicted molar refractivity (Wildman–Crippen MR) is 124 cm³/mol. The van der Waals surface area contributed by atoms with Crippen molar-refractivity contribution in [2.24, 2.45) is 5.92 Å². The van der Waals surface area contributed by atoms with E-state index in [1.165, 1.54) is 0 Å². The summed E-state index contributed by atoms with van der Waals surface area (Å²) < 4.78 is 16.6. The van der Waals surface area contributed by atoms with E-state index in [2.05, 4.69) is 5.32 Å². The number of anilines is 1. The highest BCUT2D eigenvalue weighted by Crippen LogP contribution is 2.53. The predicted octanol–water partition coefficient (Wildman–Crippen LogP) is 3.86. The van der Waals surface area contributed by atoms with Gasteiger partial charge in [-0.1, -0.05) is 55.5 Å². The van der Waals surface area contributed by atoms with Gasteiger partial charge >= 0.3 is 11.9 Å². The third kappa shape index (κ3) is 3.75. The van der Waals surface area contributed by atoms with E-state index in [0.29, 0.717) is 24.1 Å². The molecule has 2 atom stereocenters. The molecule has 2 aliphatic heterocycles. The van der Waals surface area contributed by atoms with E-state index >= 15 is 0 Å². The molecule has 0 radical (unpaired) electrons. The van der Waals surface area contributed by atoms with Crippen LogP contribution in [0.4, 0.5) is 5.69 Å². The maximum absolute atomic E-state index is 13.7. The van der Waals surface area contributed by atoms with E-state index in [0.717, 1.165) is 5.56 Å². The van der Waals surface area contributed by atoms with Crippen molar-refractivity contribution in [3.8, 4) is 0 Å². The molecule has 4 rings (SSSR count). The molecule has 0 aromatic heterocycles. The maximum atomic E-state index is 13.7. The first-order valence-electron chi connectivity index (χ1n) is 11.2. The van der Waals surface area contributed by atoms with Crippen molar-refractivity contribution >= 4 is 29.4 Å². The minimum absolute atomic E-state index is 0.0525. The van der Waals surface area contributed by atoms with Crippen LogP contribution in [0.1, 0.15) is 37.8 Å². The Hall–Kier alpha value is -3.94. The van der Waals surface area contributed by atoms with Gasteiger partial charge in [0.2, 0.25) is 11.8 Å². The molecule has 2 unspecified atom stereocenters. The normalized spacial score (nSPS) is 21.1. The number of hydrogen-bond acceptors (Lipinski definition) is 7. The Bertz CT molecular complexity index is 1170. The van der Waals surface area contributed by atoms with Gasteiger partial charge in [-0.2, -0.15) is 0 Å². The number of nitrogens with one attached hydrogen (secondary N) is 2. The molecule has 1 amide bonds. The Morgan fingerprint density at radius 2 is 1.76 bits per heavy atom. The molecule has 2 aliphatic rings. The van der Waals surface area contributed by atoms with Crippen LogP contribution >= 0.6 is 0 Å². The third-order valence-corrected chi connectivity index (χ3v) is 5.98. The summed E-state index contributed by atoms with van der Waals surface area (Å²) in [6, 6.07) is 15.9. The molecule has 0 fully saturated rings. The van der Waals surface area contributed by atoms with Gasteiger partial charge in [0, 0.05) is 12.1 Å². The molecule has 8 nitrogen and oxygen atoms in total. The summed E-state index contributed by atoms with van der Waals surface area (Å²) in [5.41, 5.74) is -0.281. The van der Waals surface area contributed by atoms with E-state index in [-0.39, 0.29) is 24.5 Å². The van der Waals surface area contributed by atoms with E-state index in [1.807, 2.05) is 25.1 Å². The highest BCUT2D eigenvalue weighted by Gasteiger charge is 2.65. The number of carbonyl (C=O) groups excluding carboxylic acids is 3. The van der Waals surface area contributed by atoms with Crippen molar-refractivity contribution in [2.75, 3.05) is 11.9 Å². The minimum atomic E-state index is -1.84. The molecule has 0 saturated carbocycles. The second-order valence-electron chi connectivity index (χ2n) is 8.07. The van der Waals surface area contributed by atoms with Gasteiger partial charge in [0.15, 0.2) is 5.92 Å². The Morgan fingerprint density at radius 3 is 2.47 bits per heavy atom. The molecule has 1 spiro atoms. The molecular formula is C26H26N2O6. The maximum Gasteiger partial charge on any atom is 0.338 e. The largest absolute Gasteiger partial charge is 0.462 e. The van der Waals surface area contributed by atoms with Gasteiger partial charge in [0.1, 0.15) is 17.8 Å². The lowest BCUT2D eigenvalue weighted by Crippen LogP contribution is -2.56. The van der Waals surface area contributed by atoms with Crippen LogP contribution in [0.25, 0.3) is 0 Å². The molecule has 0 aliphatic carbocycles. The Kier molecular flexibility index (Phi) is 6.49. The fourth-order valence-electron chi connectivity index (χ4n) is 4.59. The molecule has 176 valence electrons. The number of amides is 1. The number of carbonyl (C=O) groups is 3. The smallest absolute Gasteiger partial charge is 0.338 e. The van der Waals surface area contributed by atoms with Crippen molar-refractivity contribution in [1.29, 1.82) is 5.41 Å². The Labute approximate surface area is 197 Å². The highest BCUT2D eigenvalue weighted by atomic mass is 16.5. The van der Waals surface area contributed by atoms with Crippen LogP contribution in [0, 0.1) is 11.3 Å². The first-order chi connectivity index (χ1) is 16.4. The van der Waals surface area contributed by atoms with Gasteiger partial charge in [-0.25, -0.2) is 4.79 Å². The summed E-state index contributed by atoms with van der Waals surface area (Å²) in [7, 11) is 0. The van der Waals surface area contributed by atoms with Gasteiger partial charge in [0.25, 0.3) is 0 Å². The third-order valence-electron chi connectivity index (χ3n) is 5.98. The minimum Gasteiger partial charge on any atom is -0.462 e. The summed E-state index contributed by atoms with van der Waals surface area (Å²) in [5, 5.41) is 11.4. The van der Waals surface area contributed by atoms with Gasteiger partial charge in [-0.15, -0.1) is 0 Å². The zero-order chi connectivity index (χ0) is 24.3. The van der Waals surface area contributed by atoms with Crippen molar-refractivity contribution in [2.45, 2.75) is 38.7 Å². The van der Waals surface area contributed by atoms with E-state index < -0.39 is 35.1 Å². The SMILES string of the molecule is CCCC1=C(C(=O)OCC)C2(C(=O)Nc3ccccc32)C(C(=O)OCc2ccccc2)C(=N)O1. The number of ether oxygens (including phenoxy) is 3. The van der Waals surface area contributed by atoms with Crippen LogP contribution in [-0.2, 0) is 40.6 Å². The van der Waals surface area contributed by atoms with Crippen molar-refractivity contribution < 1.29 is 28.6 Å². The highest BCUT2D eigenvalue weighted by molar-refractivity contribution is 6.21. The lowest BCUT2D eigenvalue weighted by Gasteiger charge is -2.40. The number of allylic oxidation sites excluding steroid dienone is 1. The molecule has 34 heavy (non-hydrogen) atoms. The molecule has 2 aromatic carbocycles. The monoisotopic (exact) mass is 462 g/mol. The zero-order valence-electron chi connectivity index (χ0n) is 19.1. The number of benzene rings is 2. The molecule has 0 bridgehead atoms. The van der Waals surface area contributed by atoms with Crippen molar-refractivity contribution in [1.82, 2.24) is 0 Å². The average Bonchev–Trinajstić information content (AvgIpc) is 3.10. The quantitative estimate of drug-likeness (QED) is 0.604. The number of para-hydroxylation sites is 1. The van der Waals surface area contributed by atoms with Gasteiger partial charge in [-0.05, 0) is 30.5 Å². The van der Waals surface area contributed by atoms with E-state index in [1.54, 1.807) is 43.3 Å². The lowest BCUT2D eigenvalue weighted by molar-refractivity contribution is -0.153. The lowest BCUT2D eigenvalue weighted by atomic mass is 9.63. The molecule has 2 N–H and O–H groups in total. The molecule has 2 aromatic rings.